The number of carbonyl (C=O) groups excluding carboxylic acids is 2. The fourth-order valence-corrected chi connectivity index (χ4v) is 3.41. The molecule has 0 aliphatic carbocycles. The molecule has 0 bridgehead atoms. The molecule has 1 fully saturated rings. The average molecular weight is 453 g/mol. The maximum absolute atomic E-state index is 12.6. The van der Waals surface area contributed by atoms with Crippen molar-refractivity contribution < 1.29 is 24.1 Å². The second kappa shape index (κ2) is 11.8. The van der Waals surface area contributed by atoms with Gasteiger partial charge in [0.25, 0.3) is 0 Å². The molecular weight excluding hydrogens is 424 g/mol. The Morgan fingerprint density at radius 1 is 1.09 bits per heavy atom. The van der Waals surface area contributed by atoms with Crippen molar-refractivity contribution in [3.63, 3.8) is 0 Å². The van der Waals surface area contributed by atoms with Crippen LogP contribution < -0.4 is 16.2 Å². The first-order valence-electron chi connectivity index (χ1n) is 10.7. The maximum Gasteiger partial charge on any atom is 0.343 e. The van der Waals surface area contributed by atoms with Crippen molar-refractivity contribution >= 4 is 29.6 Å². The van der Waals surface area contributed by atoms with Gasteiger partial charge < -0.3 is 21.1 Å². The van der Waals surface area contributed by atoms with Crippen LogP contribution in [0.4, 0.5) is 5.69 Å². The lowest BCUT2D eigenvalue weighted by Gasteiger charge is -2.22. The van der Waals surface area contributed by atoms with Gasteiger partial charge in [-0.3, -0.25) is 4.79 Å². The molecule has 2 aromatic rings. The number of amides is 1. The van der Waals surface area contributed by atoms with Gasteiger partial charge in [-0.2, -0.15) is 0 Å². The van der Waals surface area contributed by atoms with Crippen LogP contribution in [-0.2, 0) is 14.6 Å². The number of benzene rings is 2. The van der Waals surface area contributed by atoms with Crippen molar-refractivity contribution in [1.29, 1.82) is 0 Å². The van der Waals surface area contributed by atoms with E-state index in [0.717, 1.165) is 18.4 Å². The first-order chi connectivity index (χ1) is 16.0. The van der Waals surface area contributed by atoms with Gasteiger partial charge in [0.2, 0.25) is 5.91 Å². The summed E-state index contributed by atoms with van der Waals surface area (Å²) in [6.07, 6.45) is 5.08. The van der Waals surface area contributed by atoms with Crippen molar-refractivity contribution in [2.24, 2.45) is 16.5 Å². The van der Waals surface area contributed by atoms with E-state index < -0.39 is 5.97 Å². The Morgan fingerprint density at radius 3 is 2.48 bits per heavy atom. The molecule has 0 aromatic heterocycles. The van der Waals surface area contributed by atoms with Crippen LogP contribution >= 0.6 is 0 Å². The molecule has 1 unspecified atom stereocenters. The zero-order valence-corrected chi connectivity index (χ0v) is 18.5. The number of nitrogens with two attached hydrogens (primary N) is 2. The second-order valence-corrected chi connectivity index (χ2v) is 7.39. The van der Waals surface area contributed by atoms with Crippen LogP contribution in [0.25, 0.3) is 6.08 Å². The Bertz CT molecular complexity index is 999. The topological polar surface area (TPSA) is 129 Å². The van der Waals surface area contributed by atoms with Crippen LogP contribution in [-0.4, -0.2) is 48.5 Å². The molecule has 1 heterocycles. The van der Waals surface area contributed by atoms with E-state index in [1.165, 1.54) is 6.08 Å². The quantitative estimate of drug-likeness (QED) is 0.0874. The molecule has 1 atom stereocenters. The smallest absolute Gasteiger partial charge is 0.343 e. The zero-order chi connectivity index (χ0) is 23.6. The molecule has 3 rings (SSSR count). The summed E-state index contributed by atoms with van der Waals surface area (Å²) in [6.45, 7) is 3.37. The minimum absolute atomic E-state index is 0.0133. The molecule has 0 radical (unpaired) electrons. The zero-order valence-electron chi connectivity index (χ0n) is 18.5. The summed E-state index contributed by atoms with van der Waals surface area (Å²) in [6, 6.07) is 13.3. The lowest BCUT2D eigenvalue weighted by Crippen LogP contribution is -2.37. The first kappa shape index (κ1) is 24.0. The predicted octanol–water partition coefficient (Wildman–Crippen LogP) is 2.78. The van der Waals surface area contributed by atoms with Crippen molar-refractivity contribution in [2.45, 2.75) is 25.8 Å². The van der Waals surface area contributed by atoms with Crippen LogP contribution in [0.15, 0.2) is 59.6 Å². The van der Waals surface area contributed by atoms with Gasteiger partial charge in [0.05, 0.1) is 23.9 Å². The lowest BCUT2D eigenvalue weighted by molar-refractivity contribution is -0.296. The molecule has 9 nitrogen and oxygen atoms in total. The molecule has 4 N–H and O–H groups in total. The Balaban J connectivity index is 1.55. The highest BCUT2D eigenvalue weighted by Crippen LogP contribution is 2.20. The number of likely N-dealkylation sites (tertiary alicyclic amines) is 1. The maximum atomic E-state index is 12.6. The molecule has 1 aliphatic rings. The highest BCUT2D eigenvalue weighted by Gasteiger charge is 2.27. The fraction of sp³-hybridized carbons (Fsp3) is 0.292. The predicted molar refractivity (Wildman–Crippen MR) is 125 cm³/mol. The molecule has 2 aromatic carbocycles. The minimum atomic E-state index is -0.495. The van der Waals surface area contributed by atoms with E-state index >= 15 is 0 Å². The summed E-state index contributed by atoms with van der Waals surface area (Å²) < 4.78 is 5.37. The number of rotatable bonds is 9. The van der Waals surface area contributed by atoms with E-state index in [1.807, 2.05) is 6.92 Å². The molecule has 1 aliphatic heterocycles. The standard InChI is InChI=1S/C24H28N4O5/c1-2-31-32-16-20-4-3-15-28(20)22(29)14-7-17-5-8-18(9-6-17)23(30)33-21-12-10-19(11-13-21)27-24(25)26/h5-14,20H,2-4,15-16H2,1H3,(H4,25,26,27)/b14-7+. The summed E-state index contributed by atoms with van der Waals surface area (Å²) in [4.78, 5) is 40.7. The highest BCUT2D eigenvalue weighted by molar-refractivity contribution is 5.93. The fourth-order valence-electron chi connectivity index (χ4n) is 3.41. The lowest BCUT2D eigenvalue weighted by atomic mass is 10.1. The van der Waals surface area contributed by atoms with E-state index in [4.69, 9.17) is 26.0 Å². The molecule has 1 amide bonds. The number of esters is 1. The van der Waals surface area contributed by atoms with Crippen molar-refractivity contribution in [3.8, 4) is 5.75 Å². The monoisotopic (exact) mass is 452 g/mol. The van der Waals surface area contributed by atoms with Gasteiger partial charge in [-0.25, -0.2) is 19.6 Å². The average Bonchev–Trinajstić information content (AvgIpc) is 3.27. The summed E-state index contributed by atoms with van der Waals surface area (Å²) in [5.41, 5.74) is 12.4. The summed E-state index contributed by atoms with van der Waals surface area (Å²) in [5.74, 6) is -0.250. The third kappa shape index (κ3) is 7.16. The minimum Gasteiger partial charge on any atom is -0.423 e. The molecule has 174 valence electrons. The molecule has 33 heavy (non-hydrogen) atoms. The SMILES string of the molecule is CCOOCC1CCCN1C(=O)/C=C/c1ccc(C(=O)Oc2ccc(N=C(N)N)cc2)cc1. The molecule has 0 saturated carbocycles. The number of guanidine groups is 1. The summed E-state index contributed by atoms with van der Waals surface area (Å²) in [5, 5.41) is 0. The normalized spacial score (nSPS) is 15.5. The van der Waals surface area contributed by atoms with Crippen molar-refractivity contribution in [1.82, 2.24) is 4.90 Å². The third-order valence-corrected chi connectivity index (χ3v) is 4.99. The van der Waals surface area contributed by atoms with E-state index in [1.54, 1.807) is 59.5 Å². The van der Waals surface area contributed by atoms with Gasteiger partial charge >= 0.3 is 5.97 Å². The molecule has 9 heteroatoms. The van der Waals surface area contributed by atoms with Crippen LogP contribution in [0, 0.1) is 0 Å². The van der Waals surface area contributed by atoms with Gasteiger partial charge in [-0.1, -0.05) is 12.1 Å². The van der Waals surface area contributed by atoms with E-state index in [0.29, 0.717) is 36.8 Å². The van der Waals surface area contributed by atoms with Gasteiger partial charge in [0, 0.05) is 12.6 Å². The van der Waals surface area contributed by atoms with Crippen LogP contribution in [0.2, 0.25) is 0 Å². The Hall–Kier alpha value is -3.69. The summed E-state index contributed by atoms with van der Waals surface area (Å²) in [7, 11) is 0. The first-order valence-corrected chi connectivity index (χ1v) is 10.7. The molecule has 1 saturated heterocycles. The van der Waals surface area contributed by atoms with Gasteiger partial charge in [-0.05, 0) is 67.8 Å². The van der Waals surface area contributed by atoms with E-state index in [9.17, 15) is 9.59 Å². The van der Waals surface area contributed by atoms with Crippen molar-refractivity contribution in [2.75, 3.05) is 19.8 Å². The van der Waals surface area contributed by atoms with Crippen LogP contribution in [0.5, 0.6) is 5.75 Å². The number of nitrogens with zero attached hydrogens (tertiary/aromatic N) is 2. The van der Waals surface area contributed by atoms with E-state index in [-0.39, 0.29) is 17.9 Å². The number of ether oxygens (including phenoxy) is 1. The van der Waals surface area contributed by atoms with E-state index in [2.05, 4.69) is 4.99 Å². The number of carbonyl (C=O) groups is 2. The van der Waals surface area contributed by atoms with Crippen LogP contribution in [0.3, 0.4) is 0 Å². The Labute approximate surface area is 192 Å². The Morgan fingerprint density at radius 2 is 1.82 bits per heavy atom. The Kier molecular flexibility index (Phi) is 8.56. The number of hydrogen-bond donors (Lipinski definition) is 2. The molecule has 0 spiro atoms. The highest BCUT2D eigenvalue weighted by atomic mass is 17.2. The number of aliphatic imine (C=N–C) groups is 1. The molecular formula is C24H28N4O5. The van der Waals surface area contributed by atoms with Gasteiger partial charge in [0.15, 0.2) is 5.96 Å². The van der Waals surface area contributed by atoms with Gasteiger partial charge in [-0.15, -0.1) is 0 Å². The van der Waals surface area contributed by atoms with Gasteiger partial charge in [0.1, 0.15) is 12.4 Å². The summed E-state index contributed by atoms with van der Waals surface area (Å²) >= 11 is 0. The van der Waals surface area contributed by atoms with Crippen LogP contribution in [0.1, 0.15) is 35.7 Å². The number of hydrogen-bond acceptors (Lipinski definition) is 6. The second-order valence-electron chi connectivity index (χ2n) is 7.39. The van der Waals surface area contributed by atoms with Crippen molar-refractivity contribution in [3.05, 3.63) is 65.7 Å². The largest absolute Gasteiger partial charge is 0.423 e. The third-order valence-electron chi connectivity index (χ3n) is 4.99.